The van der Waals surface area contributed by atoms with Crippen LogP contribution in [0.1, 0.15) is 20.3 Å². The molecular formula is C10H14FN3O. The number of nitrogens with one attached hydrogen (secondary N) is 2. The smallest absolute Gasteiger partial charge is 0.238 e. The fourth-order valence-electron chi connectivity index (χ4n) is 1.01. The van der Waals surface area contributed by atoms with Crippen LogP contribution in [0.2, 0.25) is 0 Å². The van der Waals surface area contributed by atoms with Crippen molar-refractivity contribution in [2.45, 2.75) is 20.3 Å². The van der Waals surface area contributed by atoms with Crippen molar-refractivity contribution in [1.82, 2.24) is 10.4 Å². The third-order valence-corrected chi connectivity index (χ3v) is 1.65. The van der Waals surface area contributed by atoms with Crippen molar-refractivity contribution in [3.63, 3.8) is 0 Å². The number of aromatic nitrogens is 1. The normalized spacial score (nSPS) is 10.1. The Morgan fingerprint density at radius 2 is 2.27 bits per heavy atom. The summed E-state index contributed by atoms with van der Waals surface area (Å²) < 4.78 is 12.5. The number of rotatable bonds is 4. The summed E-state index contributed by atoms with van der Waals surface area (Å²) in [4.78, 5) is 14.9. The molecule has 82 valence electrons. The maximum absolute atomic E-state index is 12.5. The molecule has 0 saturated heterocycles. The number of carbonyl (C=O) groups excluding carboxylic acids is 1. The predicted molar refractivity (Wildman–Crippen MR) is 55.4 cm³/mol. The van der Waals surface area contributed by atoms with Gasteiger partial charge in [0.1, 0.15) is 11.6 Å². The minimum absolute atomic E-state index is 0.115. The molecule has 15 heavy (non-hydrogen) atoms. The van der Waals surface area contributed by atoms with Gasteiger partial charge in [-0.2, -0.15) is 0 Å². The first-order chi connectivity index (χ1) is 7.08. The lowest BCUT2D eigenvalue weighted by molar-refractivity contribution is -0.121. The van der Waals surface area contributed by atoms with E-state index >= 15 is 0 Å². The van der Waals surface area contributed by atoms with E-state index in [4.69, 9.17) is 0 Å². The van der Waals surface area contributed by atoms with Gasteiger partial charge in [-0.1, -0.05) is 13.8 Å². The van der Waals surface area contributed by atoms with Crippen molar-refractivity contribution in [2.24, 2.45) is 5.92 Å². The summed E-state index contributed by atoms with van der Waals surface area (Å²) in [6.07, 6.45) is 1.52. The van der Waals surface area contributed by atoms with E-state index in [1.807, 2.05) is 13.8 Å². The molecule has 0 spiro atoms. The van der Waals surface area contributed by atoms with Crippen LogP contribution in [-0.4, -0.2) is 10.9 Å². The topological polar surface area (TPSA) is 54.0 Å². The van der Waals surface area contributed by atoms with Gasteiger partial charge in [-0.3, -0.25) is 15.6 Å². The Hall–Kier alpha value is -1.65. The van der Waals surface area contributed by atoms with E-state index in [0.717, 1.165) is 6.20 Å². The summed E-state index contributed by atoms with van der Waals surface area (Å²) in [6.45, 7) is 3.91. The lowest BCUT2D eigenvalue weighted by atomic mass is 10.1. The lowest BCUT2D eigenvalue weighted by Crippen LogP contribution is -2.30. The first-order valence-corrected chi connectivity index (χ1v) is 4.74. The molecule has 1 aromatic rings. The van der Waals surface area contributed by atoms with Crippen LogP contribution in [0.4, 0.5) is 10.2 Å². The average molecular weight is 211 g/mol. The number of hydrogen-bond donors (Lipinski definition) is 2. The van der Waals surface area contributed by atoms with E-state index in [-0.39, 0.29) is 5.91 Å². The molecule has 1 amide bonds. The van der Waals surface area contributed by atoms with Gasteiger partial charge in [0.25, 0.3) is 0 Å². The zero-order valence-corrected chi connectivity index (χ0v) is 8.75. The third-order valence-electron chi connectivity index (χ3n) is 1.65. The van der Waals surface area contributed by atoms with Crippen molar-refractivity contribution in [1.29, 1.82) is 0 Å². The molecule has 0 unspecified atom stereocenters. The SMILES string of the molecule is CC(C)CC(=O)NNc1ccc(F)cn1. The van der Waals surface area contributed by atoms with Gasteiger partial charge in [-0.15, -0.1) is 0 Å². The minimum Gasteiger partial charge on any atom is -0.282 e. The Labute approximate surface area is 87.9 Å². The zero-order chi connectivity index (χ0) is 11.3. The average Bonchev–Trinajstić information content (AvgIpc) is 2.16. The standard InChI is InChI=1S/C10H14FN3O/c1-7(2)5-10(15)14-13-9-4-3-8(11)6-12-9/h3-4,6-7H,5H2,1-2H3,(H,12,13)(H,14,15). The van der Waals surface area contributed by atoms with Crippen LogP contribution < -0.4 is 10.9 Å². The van der Waals surface area contributed by atoms with Crippen molar-refractivity contribution < 1.29 is 9.18 Å². The van der Waals surface area contributed by atoms with Crippen LogP contribution in [0.3, 0.4) is 0 Å². The number of pyridine rings is 1. The second-order valence-corrected chi connectivity index (χ2v) is 3.63. The second-order valence-electron chi connectivity index (χ2n) is 3.63. The summed E-state index contributed by atoms with van der Waals surface area (Å²) in [7, 11) is 0. The molecule has 0 atom stereocenters. The summed E-state index contributed by atoms with van der Waals surface area (Å²) in [5.74, 6) is 0.187. The lowest BCUT2D eigenvalue weighted by Gasteiger charge is -2.08. The maximum atomic E-state index is 12.5. The van der Waals surface area contributed by atoms with E-state index < -0.39 is 5.82 Å². The van der Waals surface area contributed by atoms with Crippen molar-refractivity contribution in [3.05, 3.63) is 24.1 Å². The van der Waals surface area contributed by atoms with Gasteiger partial charge in [-0.05, 0) is 18.1 Å². The highest BCUT2D eigenvalue weighted by Crippen LogP contribution is 2.02. The van der Waals surface area contributed by atoms with E-state index in [2.05, 4.69) is 15.8 Å². The van der Waals surface area contributed by atoms with E-state index in [1.54, 1.807) is 0 Å². The highest BCUT2D eigenvalue weighted by Gasteiger charge is 2.03. The fraction of sp³-hybridized carbons (Fsp3) is 0.400. The van der Waals surface area contributed by atoms with Crippen LogP contribution in [0.5, 0.6) is 0 Å². The Morgan fingerprint density at radius 3 is 2.80 bits per heavy atom. The number of anilines is 1. The molecule has 0 fully saturated rings. The molecule has 0 radical (unpaired) electrons. The molecule has 1 aromatic heterocycles. The highest BCUT2D eigenvalue weighted by atomic mass is 19.1. The largest absolute Gasteiger partial charge is 0.282 e. The predicted octanol–water partition coefficient (Wildman–Crippen LogP) is 1.71. The summed E-state index contributed by atoms with van der Waals surface area (Å²) in [6, 6.07) is 2.72. The van der Waals surface area contributed by atoms with Gasteiger partial charge < -0.3 is 0 Å². The zero-order valence-electron chi connectivity index (χ0n) is 8.75. The summed E-state index contributed by atoms with van der Waals surface area (Å²) >= 11 is 0. The Morgan fingerprint density at radius 1 is 1.53 bits per heavy atom. The van der Waals surface area contributed by atoms with Gasteiger partial charge in [0.2, 0.25) is 5.91 Å². The van der Waals surface area contributed by atoms with Crippen LogP contribution in [0.25, 0.3) is 0 Å². The minimum atomic E-state index is -0.408. The van der Waals surface area contributed by atoms with Crippen LogP contribution in [-0.2, 0) is 4.79 Å². The van der Waals surface area contributed by atoms with E-state index in [0.29, 0.717) is 18.2 Å². The molecule has 0 aliphatic carbocycles. The van der Waals surface area contributed by atoms with Gasteiger partial charge in [0, 0.05) is 6.42 Å². The molecule has 0 aliphatic heterocycles. The summed E-state index contributed by atoms with van der Waals surface area (Å²) in [5, 5.41) is 0. The first-order valence-electron chi connectivity index (χ1n) is 4.74. The van der Waals surface area contributed by atoms with E-state index in [9.17, 15) is 9.18 Å². The molecule has 5 heteroatoms. The molecule has 0 bridgehead atoms. The number of hydrazine groups is 1. The number of nitrogens with zero attached hydrogens (tertiary/aromatic N) is 1. The van der Waals surface area contributed by atoms with Crippen LogP contribution in [0.15, 0.2) is 18.3 Å². The number of halogens is 1. The van der Waals surface area contributed by atoms with Crippen LogP contribution in [0, 0.1) is 11.7 Å². The van der Waals surface area contributed by atoms with Gasteiger partial charge >= 0.3 is 0 Å². The molecule has 1 rings (SSSR count). The monoisotopic (exact) mass is 211 g/mol. The van der Waals surface area contributed by atoms with Gasteiger partial charge in [-0.25, -0.2) is 9.37 Å². The molecule has 4 nitrogen and oxygen atoms in total. The second kappa shape index (κ2) is 5.29. The number of carbonyl (C=O) groups is 1. The van der Waals surface area contributed by atoms with Crippen molar-refractivity contribution in [2.75, 3.05) is 5.43 Å². The van der Waals surface area contributed by atoms with Crippen molar-refractivity contribution in [3.8, 4) is 0 Å². The number of amides is 1. The van der Waals surface area contributed by atoms with Gasteiger partial charge in [0.05, 0.1) is 6.20 Å². The van der Waals surface area contributed by atoms with Gasteiger partial charge in [0.15, 0.2) is 0 Å². The van der Waals surface area contributed by atoms with E-state index in [1.165, 1.54) is 12.1 Å². The summed E-state index contributed by atoms with van der Waals surface area (Å²) in [5.41, 5.74) is 5.08. The molecule has 2 N–H and O–H groups in total. The Balaban J connectivity index is 2.37. The van der Waals surface area contributed by atoms with Crippen LogP contribution >= 0.6 is 0 Å². The molecule has 0 saturated carbocycles. The van der Waals surface area contributed by atoms with Crippen molar-refractivity contribution >= 4 is 11.7 Å². The number of hydrogen-bond acceptors (Lipinski definition) is 3. The highest BCUT2D eigenvalue weighted by molar-refractivity contribution is 5.77. The Bertz CT molecular complexity index is 324. The fourth-order valence-corrected chi connectivity index (χ4v) is 1.01. The molecular weight excluding hydrogens is 197 g/mol. The quantitative estimate of drug-likeness (QED) is 0.745. The Kier molecular flexibility index (Phi) is 4.03. The third kappa shape index (κ3) is 4.39. The first kappa shape index (κ1) is 11.4. The molecule has 0 aliphatic rings. The molecule has 0 aromatic carbocycles. The molecule has 1 heterocycles. The maximum Gasteiger partial charge on any atom is 0.238 e.